The van der Waals surface area contributed by atoms with Gasteiger partial charge in [0.25, 0.3) is 0 Å². The van der Waals surface area contributed by atoms with Gasteiger partial charge in [-0.25, -0.2) is 0 Å². The number of aromatic nitrogens is 1. The molecule has 0 radical (unpaired) electrons. The van der Waals surface area contributed by atoms with Crippen LogP contribution in [-0.2, 0) is 6.18 Å². The lowest BCUT2D eigenvalue weighted by atomic mass is 10.0. The molecule has 26 heavy (non-hydrogen) atoms. The summed E-state index contributed by atoms with van der Waals surface area (Å²) in [5, 5.41) is 9.50. The smallest absolute Gasteiger partial charge is 0.346 e. The summed E-state index contributed by atoms with van der Waals surface area (Å²) in [6, 6.07) is 9.42. The molecule has 0 unspecified atom stereocenters. The Balaban J connectivity index is 1.95. The average Bonchev–Trinajstić information content (AvgIpc) is 3.20. The Bertz CT molecular complexity index is 858. The summed E-state index contributed by atoms with van der Waals surface area (Å²) in [6.45, 7) is 4.10. The maximum atomic E-state index is 12.7. The van der Waals surface area contributed by atoms with Crippen molar-refractivity contribution in [3.63, 3.8) is 0 Å². The third-order valence-electron chi connectivity index (χ3n) is 5.16. The molecule has 1 aliphatic carbocycles. The number of halogens is 3. The molecule has 0 atom stereocenters. The zero-order valence-corrected chi connectivity index (χ0v) is 14.9. The Morgan fingerprint density at radius 1 is 1.15 bits per heavy atom. The first-order valence-electron chi connectivity index (χ1n) is 8.79. The van der Waals surface area contributed by atoms with Crippen molar-refractivity contribution in [3.8, 4) is 6.07 Å². The molecule has 3 rings (SSSR count). The summed E-state index contributed by atoms with van der Waals surface area (Å²) in [5.41, 5.74) is 3.36. The second kappa shape index (κ2) is 7.03. The fourth-order valence-corrected chi connectivity index (χ4v) is 3.85. The van der Waals surface area contributed by atoms with Gasteiger partial charge in [-0.3, -0.25) is 0 Å². The molecule has 1 saturated carbocycles. The van der Waals surface area contributed by atoms with Crippen LogP contribution >= 0.6 is 0 Å². The summed E-state index contributed by atoms with van der Waals surface area (Å²) in [4.78, 5) is 0. The van der Waals surface area contributed by atoms with E-state index in [1.165, 1.54) is 37.8 Å². The van der Waals surface area contributed by atoms with E-state index in [0.717, 1.165) is 29.1 Å². The zero-order chi connectivity index (χ0) is 18.9. The Morgan fingerprint density at radius 3 is 2.31 bits per heavy atom. The highest BCUT2D eigenvalue weighted by molar-refractivity contribution is 5.90. The van der Waals surface area contributed by atoms with Crippen LogP contribution < -0.4 is 0 Å². The number of nitrogens with zero attached hydrogens (tertiary/aromatic N) is 2. The minimum Gasteiger partial charge on any atom is -0.346 e. The van der Waals surface area contributed by atoms with Crippen LogP contribution in [0, 0.1) is 25.2 Å². The molecule has 1 heterocycles. The number of benzene rings is 1. The molecule has 0 spiro atoms. The van der Waals surface area contributed by atoms with Crippen molar-refractivity contribution in [2.45, 2.75) is 51.7 Å². The fourth-order valence-electron chi connectivity index (χ4n) is 3.85. The maximum Gasteiger partial charge on any atom is 0.416 e. The summed E-state index contributed by atoms with van der Waals surface area (Å²) in [6.07, 6.45) is 2.22. The number of hydrogen-bond donors (Lipinski definition) is 0. The van der Waals surface area contributed by atoms with E-state index in [0.29, 0.717) is 17.2 Å². The standard InChI is InChI=1S/C21H21F3N2/c1-14-11-17(15(2)26(14)20-5-3-4-6-20)12-18(13-25)16-7-9-19(10-8-16)21(22,23)24/h7-12,20H,3-6H2,1-2H3/b18-12-. The molecule has 2 aromatic rings. The topological polar surface area (TPSA) is 28.7 Å². The van der Waals surface area contributed by atoms with Crippen molar-refractivity contribution in [1.82, 2.24) is 4.57 Å². The van der Waals surface area contributed by atoms with Crippen molar-refractivity contribution in [3.05, 3.63) is 58.4 Å². The highest BCUT2D eigenvalue weighted by atomic mass is 19.4. The van der Waals surface area contributed by atoms with Gasteiger partial charge < -0.3 is 4.57 Å². The summed E-state index contributed by atoms with van der Waals surface area (Å²) in [7, 11) is 0. The molecule has 1 aromatic carbocycles. The largest absolute Gasteiger partial charge is 0.416 e. The highest BCUT2D eigenvalue weighted by Gasteiger charge is 2.30. The second-order valence-electron chi connectivity index (χ2n) is 6.88. The number of rotatable bonds is 3. The first-order chi connectivity index (χ1) is 12.3. The van der Waals surface area contributed by atoms with E-state index in [1.54, 1.807) is 6.08 Å². The predicted octanol–water partition coefficient (Wildman–Crippen LogP) is 6.30. The van der Waals surface area contributed by atoms with Gasteiger partial charge in [0.05, 0.1) is 17.2 Å². The number of allylic oxidation sites excluding steroid dienone is 1. The van der Waals surface area contributed by atoms with Crippen LogP contribution in [0.1, 0.15) is 59.8 Å². The summed E-state index contributed by atoms with van der Waals surface area (Å²) < 4.78 is 40.5. The quantitative estimate of drug-likeness (QED) is 0.592. The third-order valence-corrected chi connectivity index (χ3v) is 5.16. The Labute approximate surface area is 151 Å². The number of aryl methyl sites for hydroxylation is 1. The van der Waals surface area contributed by atoms with E-state index < -0.39 is 11.7 Å². The van der Waals surface area contributed by atoms with Crippen molar-refractivity contribution >= 4 is 11.6 Å². The van der Waals surface area contributed by atoms with Crippen molar-refractivity contribution < 1.29 is 13.2 Å². The summed E-state index contributed by atoms with van der Waals surface area (Å²) in [5.74, 6) is 0. The van der Waals surface area contributed by atoms with Crippen LogP contribution in [0.5, 0.6) is 0 Å². The lowest BCUT2D eigenvalue weighted by Gasteiger charge is -2.17. The molecule has 5 heteroatoms. The molecule has 0 amide bonds. The van der Waals surface area contributed by atoms with Crippen molar-refractivity contribution in [2.75, 3.05) is 0 Å². The SMILES string of the molecule is Cc1cc(/C=C(/C#N)c2ccc(C(F)(F)F)cc2)c(C)n1C1CCCC1. The molecular weight excluding hydrogens is 337 g/mol. The lowest BCUT2D eigenvalue weighted by molar-refractivity contribution is -0.137. The lowest BCUT2D eigenvalue weighted by Crippen LogP contribution is -2.08. The third kappa shape index (κ3) is 3.55. The van der Waals surface area contributed by atoms with Crippen LogP contribution in [-0.4, -0.2) is 4.57 Å². The van der Waals surface area contributed by atoms with Crippen LogP contribution in [0.15, 0.2) is 30.3 Å². The first kappa shape index (κ1) is 18.3. The minimum atomic E-state index is -4.37. The predicted molar refractivity (Wildman–Crippen MR) is 96.3 cm³/mol. The molecule has 1 fully saturated rings. The van der Waals surface area contributed by atoms with Gasteiger partial charge in [-0.05, 0) is 62.1 Å². The Morgan fingerprint density at radius 2 is 1.77 bits per heavy atom. The molecular formula is C21H21F3N2. The summed E-state index contributed by atoms with van der Waals surface area (Å²) >= 11 is 0. The molecule has 2 nitrogen and oxygen atoms in total. The van der Waals surface area contributed by atoms with Gasteiger partial charge in [0, 0.05) is 17.4 Å². The average molecular weight is 358 g/mol. The van der Waals surface area contributed by atoms with Gasteiger partial charge in [-0.2, -0.15) is 18.4 Å². The zero-order valence-electron chi connectivity index (χ0n) is 14.9. The van der Waals surface area contributed by atoms with Crippen LogP contribution in [0.25, 0.3) is 11.6 Å². The van der Waals surface area contributed by atoms with Crippen molar-refractivity contribution in [1.29, 1.82) is 5.26 Å². The second-order valence-corrected chi connectivity index (χ2v) is 6.88. The molecule has 0 N–H and O–H groups in total. The van der Waals surface area contributed by atoms with Gasteiger partial charge in [-0.1, -0.05) is 25.0 Å². The van der Waals surface area contributed by atoms with Crippen LogP contribution in [0.3, 0.4) is 0 Å². The molecule has 0 bridgehead atoms. The number of nitriles is 1. The first-order valence-corrected chi connectivity index (χ1v) is 8.79. The maximum absolute atomic E-state index is 12.7. The number of alkyl halides is 3. The number of hydrogen-bond acceptors (Lipinski definition) is 1. The van der Waals surface area contributed by atoms with Crippen molar-refractivity contribution in [2.24, 2.45) is 0 Å². The van der Waals surface area contributed by atoms with E-state index in [4.69, 9.17) is 0 Å². The van der Waals surface area contributed by atoms with E-state index in [1.807, 2.05) is 6.92 Å². The highest BCUT2D eigenvalue weighted by Crippen LogP contribution is 2.34. The molecule has 1 aromatic heterocycles. The van der Waals surface area contributed by atoms with Gasteiger partial charge in [0.1, 0.15) is 0 Å². The molecule has 1 aliphatic rings. The Kier molecular flexibility index (Phi) is 4.95. The van der Waals surface area contributed by atoms with Gasteiger partial charge >= 0.3 is 6.18 Å². The van der Waals surface area contributed by atoms with Gasteiger partial charge in [0.2, 0.25) is 0 Å². The van der Waals surface area contributed by atoms with E-state index in [2.05, 4.69) is 23.6 Å². The Hall–Kier alpha value is -2.48. The molecule has 136 valence electrons. The van der Waals surface area contributed by atoms with E-state index >= 15 is 0 Å². The monoisotopic (exact) mass is 358 g/mol. The molecule has 0 aliphatic heterocycles. The van der Waals surface area contributed by atoms with Crippen LogP contribution in [0.2, 0.25) is 0 Å². The van der Waals surface area contributed by atoms with Gasteiger partial charge in [0.15, 0.2) is 0 Å². The minimum absolute atomic E-state index is 0.366. The van der Waals surface area contributed by atoms with Gasteiger partial charge in [-0.15, -0.1) is 0 Å². The fraction of sp³-hybridized carbons (Fsp3) is 0.381. The molecule has 0 saturated heterocycles. The van der Waals surface area contributed by atoms with E-state index in [9.17, 15) is 18.4 Å². The van der Waals surface area contributed by atoms with Crippen LogP contribution in [0.4, 0.5) is 13.2 Å². The van der Waals surface area contributed by atoms with E-state index in [-0.39, 0.29) is 0 Å². The normalized spacial score (nSPS) is 16.1.